The Labute approximate surface area is 123 Å². The summed E-state index contributed by atoms with van der Waals surface area (Å²) < 4.78 is 6.25. The van der Waals surface area contributed by atoms with Crippen molar-refractivity contribution in [2.45, 2.75) is 71.9 Å². The van der Waals surface area contributed by atoms with Gasteiger partial charge < -0.3 is 10.5 Å². The second kappa shape index (κ2) is 5.77. The van der Waals surface area contributed by atoms with E-state index in [1.807, 2.05) is 0 Å². The molecule has 1 fully saturated rings. The smallest absolute Gasteiger partial charge is 0.120 e. The number of nitrogens with two attached hydrogens (primary N) is 1. The van der Waals surface area contributed by atoms with Crippen LogP contribution >= 0.6 is 0 Å². The second-order valence-electron chi connectivity index (χ2n) is 6.56. The minimum atomic E-state index is 0.171. The van der Waals surface area contributed by atoms with Crippen LogP contribution in [0.4, 0.5) is 0 Å². The van der Waals surface area contributed by atoms with E-state index in [2.05, 4.69) is 52.8 Å². The highest BCUT2D eigenvalue weighted by atomic mass is 16.5. The predicted octanol–water partition coefficient (Wildman–Crippen LogP) is 4.40. The van der Waals surface area contributed by atoms with E-state index in [0.29, 0.717) is 12.0 Å². The molecule has 0 amide bonds. The first kappa shape index (κ1) is 15.4. The molecule has 1 aromatic rings. The lowest BCUT2D eigenvalue weighted by Crippen LogP contribution is -2.62. The van der Waals surface area contributed by atoms with Gasteiger partial charge in [-0.1, -0.05) is 33.8 Å². The number of aryl methyl sites for hydroxylation is 1. The zero-order valence-electron chi connectivity index (χ0n) is 13.6. The van der Waals surface area contributed by atoms with Gasteiger partial charge in [-0.3, -0.25) is 0 Å². The van der Waals surface area contributed by atoms with Gasteiger partial charge in [0.2, 0.25) is 0 Å². The average Bonchev–Trinajstić information content (AvgIpc) is 2.39. The largest absolute Gasteiger partial charge is 0.490 e. The zero-order valence-corrected chi connectivity index (χ0v) is 13.6. The Balaban J connectivity index is 2.13. The normalized spacial score (nSPS) is 24.6. The number of hydrogen-bond acceptors (Lipinski definition) is 2. The Hall–Kier alpha value is -1.02. The fourth-order valence-corrected chi connectivity index (χ4v) is 3.71. The molecule has 2 N–H and O–H groups in total. The summed E-state index contributed by atoms with van der Waals surface area (Å²) in [5.41, 5.74) is 9.13. The molecule has 2 unspecified atom stereocenters. The van der Waals surface area contributed by atoms with Crippen LogP contribution in [0.2, 0.25) is 0 Å². The van der Waals surface area contributed by atoms with Gasteiger partial charge in [0.05, 0.1) is 0 Å². The Morgan fingerprint density at radius 3 is 2.40 bits per heavy atom. The van der Waals surface area contributed by atoms with Crippen LogP contribution in [0.25, 0.3) is 0 Å². The summed E-state index contributed by atoms with van der Waals surface area (Å²) in [4.78, 5) is 0. The molecule has 1 saturated carbocycles. The summed E-state index contributed by atoms with van der Waals surface area (Å²) in [6, 6.07) is 6.78. The number of ether oxygens (including phenoxy) is 1. The van der Waals surface area contributed by atoms with Crippen molar-refractivity contribution < 1.29 is 4.74 Å². The molecule has 2 atom stereocenters. The summed E-state index contributed by atoms with van der Waals surface area (Å²) in [5, 5.41) is 0. The molecule has 112 valence electrons. The lowest BCUT2D eigenvalue weighted by molar-refractivity contribution is -0.0722. The number of rotatable bonds is 5. The van der Waals surface area contributed by atoms with Crippen LogP contribution < -0.4 is 10.5 Å². The van der Waals surface area contributed by atoms with Gasteiger partial charge in [-0.15, -0.1) is 0 Å². The summed E-state index contributed by atoms with van der Waals surface area (Å²) in [6.45, 7) is 11.1. The maximum absolute atomic E-state index is 6.25. The minimum Gasteiger partial charge on any atom is -0.490 e. The number of benzene rings is 1. The van der Waals surface area contributed by atoms with Crippen molar-refractivity contribution in [1.82, 2.24) is 0 Å². The van der Waals surface area contributed by atoms with Gasteiger partial charge in [-0.25, -0.2) is 0 Å². The molecule has 1 aromatic carbocycles. The molecular formula is C18H29NO. The molecule has 2 heteroatoms. The zero-order chi connectivity index (χ0) is 14.9. The van der Waals surface area contributed by atoms with Crippen molar-refractivity contribution in [1.29, 1.82) is 0 Å². The van der Waals surface area contributed by atoms with Crippen LogP contribution in [-0.2, 0) is 0 Å². The molecule has 0 saturated heterocycles. The van der Waals surface area contributed by atoms with Crippen molar-refractivity contribution in [3.8, 4) is 5.75 Å². The van der Waals surface area contributed by atoms with E-state index < -0.39 is 0 Å². The third-order valence-corrected chi connectivity index (χ3v) is 5.31. The Bertz CT molecular complexity index is 462. The first-order valence-corrected chi connectivity index (χ1v) is 7.97. The number of hydrogen-bond donors (Lipinski definition) is 1. The van der Waals surface area contributed by atoms with E-state index in [9.17, 15) is 0 Å². The molecule has 0 aliphatic heterocycles. The van der Waals surface area contributed by atoms with E-state index in [-0.39, 0.29) is 11.5 Å². The van der Waals surface area contributed by atoms with Crippen LogP contribution in [0.3, 0.4) is 0 Å². The molecule has 0 spiro atoms. The summed E-state index contributed by atoms with van der Waals surface area (Å²) in [7, 11) is 0. The van der Waals surface area contributed by atoms with Crippen LogP contribution in [0, 0.1) is 12.3 Å². The third-order valence-electron chi connectivity index (χ3n) is 5.31. The summed E-state index contributed by atoms with van der Waals surface area (Å²) >= 11 is 0. The van der Waals surface area contributed by atoms with Crippen molar-refractivity contribution in [3.05, 3.63) is 29.3 Å². The lowest BCUT2D eigenvalue weighted by Gasteiger charge is -2.53. The minimum absolute atomic E-state index is 0.171. The monoisotopic (exact) mass is 275 g/mol. The fourth-order valence-electron chi connectivity index (χ4n) is 3.71. The Morgan fingerprint density at radius 1 is 1.30 bits per heavy atom. The molecule has 20 heavy (non-hydrogen) atoms. The maximum Gasteiger partial charge on any atom is 0.120 e. The van der Waals surface area contributed by atoms with E-state index in [1.165, 1.54) is 11.1 Å². The molecule has 1 aliphatic rings. The van der Waals surface area contributed by atoms with Crippen molar-refractivity contribution in [3.63, 3.8) is 0 Å². The topological polar surface area (TPSA) is 35.2 Å². The van der Waals surface area contributed by atoms with Crippen LogP contribution in [0.15, 0.2) is 18.2 Å². The van der Waals surface area contributed by atoms with Crippen LogP contribution in [0.1, 0.15) is 64.0 Å². The predicted molar refractivity (Wildman–Crippen MR) is 85.3 cm³/mol. The van der Waals surface area contributed by atoms with Gasteiger partial charge >= 0.3 is 0 Å². The summed E-state index contributed by atoms with van der Waals surface area (Å²) in [5.74, 6) is 1.56. The molecule has 2 rings (SSSR count). The standard InChI is InChI=1S/C18H29NO/c1-6-18(7-2)16(19)11-17(18)20-14-8-9-15(12(3)4)13(5)10-14/h8-10,12,16-17H,6-7,11,19H2,1-5H3. The van der Waals surface area contributed by atoms with Gasteiger partial charge in [0.1, 0.15) is 11.9 Å². The van der Waals surface area contributed by atoms with E-state index in [0.717, 1.165) is 25.0 Å². The molecule has 2 nitrogen and oxygen atoms in total. The molecular weight excluding hydrogens is 246 g/mol. The highest BCUT2D eigenvalue weighted by molar-refractivity contribution is 5.36. The van der Waals surface area contributed by atoms with Gasteiger partial charge in [0, 0.05) is 17.9 Å². The van der Waals surface area contributed by atoms with Gasteiger partial charge in [-0.2, -0.15) is 0 Å². The Morgan fingerprint density at radius 2 is 1.95 bits per heavy atom. The maximum atomic E-state index is 6.25. The SMILES string of the molecule is CCC1(CC)C(N)CC1Oc1ccc(C(C)C)c(C)c1. The highest BCUT2D eigenvalue weighted by Crippen LogP contribution is 2.47. The quantitative estimate of drug-likeness (QED) is 0.864. The van der Waals surface area contributed by atoms with Gasteiger partial charge in [-0.05, 0) is 48.9 Å². The van der Waals surface area contributed by atoms with Gasteiger partial charge in [0.25, 0.3) is 0 Å². The molecule has 0 heterocycles. The van der Waals surface area contributed by atoms with Crippen molar-refractivity contribution in [2.24, 2.45) is 11.1 Å². The van der Waals surface area contributed by atoms with Crippen molar-refractivity contribution in [2.75, 3.05) is 0 Å². The average molecular weight is 275 g/mol. The Kier molecular flexibility index (Phi) is 4.43. The van der Waals surface area contributed by atoms with E-state index >= 15 is 0 Å². The van der Waals surface area contributed by atoms with E-state index in [1.54, 1.807) is 0 Å². The second-order valence-corrected chi connectivity index (χ2v) is 6.56. The van der Waals surface area contributed by atoms with Gasteiger partial charge in [0.15, 0.2) is 0 Å². The highest BCUT2D eigenvalue weighted by Gasteiger charge is 2.52. The van der Waals surface area contributed by atoms with Crippen molar-refractivity contribution >= 4 is 0 Å². The molecule has 1 aliphatic carbocycles. The van der Waals surface area contributed by atoms with Crippen LogP contribution in [-0.4, -0.2) is 12.1 Å². The molecule has 0 bridgehead atoms. The molecule has 0 aromatic heterocycles. The summed E-state index contributed by atoms with van der Waals surface area (Å²) in [6.07, 6.45) is 3.44. The van der Waals surface area contributed by atoms with Crippen LogP contribution in [0.5, 0.6) is 5.75 Å². The third kappa shape index (κ3) is 2.46. The van der Waals surface area contributed by atoms with E-state index in [4.69, 9.17) is 10.5 Å². The molecule has 0 radical (unpaired) electrons. The first-order valence-electron chi connectivity index (χ1n) is 7.97. The first-order chi connectivity index (χ1) is 9.44. The fraction of sp³-hybridized carbons (Fsp3) is 0.667. The lowest BCUT2D eigenvalue weighted by atomic mass is 9.59.